The first-order chi connectivity index (χ1) is 13.5. The van der Waals surface area contributed by atoms with Crippen LogP contribution in [0.2, 0.25) is 5.02 Å². The van der Waals surface area contributed by atoms with E-state index in [1.54, 1.807) is 18.2 Å². The number of nitro groups is 1. The highest BCUT2D eigenvalue weighted by Crippen LogP contribution is 2.34. The Kier molecular flexibility index (Phi) is 4.78. The summed E-state index contributed by atoms with van der Waals surface area (Å²) in [7, 11) is 0. The van der Waals surface area contributed by atoms with Crippen LogP contribution in [0.4, 0.5) is 5.69 Å². The van der Waals surface area contributed by atoms with Crippen LogP contribution < -0.4 is 15.9 Å². The Balaban J connectivity index is 1.94. The molecule has 1 amide bonds. The first-order valence-corrected chi connectivity index (χ1v) is 9.79. The molecule has 4 rings (SSSR count). The molecular formula is C18H14ClN5O3S. The quantitative estimate of drug-likeness (QED) is 0.611. The Morgan fingerprint density at radius 1 is 1.32 bits per heavy atom. The predicted octanol–water partition coefficient (Wildman–Crippen LogP) is 2.14. The van der Waals surface area contributed by atoms with Crippen molar-refractivity contribution in [3.8, 4) is 0 Å². The molecule has 8 nitrogen and oxygen atoms in total. The van der Waals surface area contributed by atoms with Gasteiger partial charge in [-0.15, -0.1) is 5.10 Å². The number of hydrazone groups is 1. The van der Waals surface area contributed by atoms with E-state index in [2.05, 4.69) is 10.4 Å². The van der Waals surface area contributed by atoms with Crippen LogP contribution in [-0.4, -0.2) is 26.8 Å². The molecule has 28 heavy (non-hydrogen) atoms. The molecule has 10 heteroatoms. The number of benzene rings is 2. The van der Waals surface area contributed by atoms with Gasteiger partial charge in [-0.3, -0.25) is 25.2 Å². The number of nitrogens with one attached hydrogen (secondary N) is 1. The van der Waals surface area contributed by atoms with E-state index in [0.29, 0.717) is 27.0 Å². The highest BCUT2D eigenvalue weighted by molar-refractivity contribution is 8.13. The zero-order valence-corrected chi connectivity index (χ0v) is 16.2. The summed E-state index contributed by atoms with van der Waals surface area (Å²) in [5, 5.41) is 21.9. The third-order valence-corrected chi connectivity index (χ3v) is 5.33. The van der Waals surface area contributed by atoms with Gasteiger partial charge in [-0.2, -0.15) is 0 Å². The average Bonchev–Trinajstić information content (AvgIpc) is 2.67. The lowest BCUT2D eigenvalue weighted by Gasteiger charge is -2.34. The van der Waals surface area contributed by atoms with Crippen molar-refractivity contribution in [2.24, 2.45) is 10.1 Å². The molecule has 2 aromatic rings. The second-order valence-electron chi connectivity index (χ2n) is 5.97. The van der Waals surface area contributed by atoms with Gasteiger partial charge in [0.05, 0.1) is 10.3 Å². The summed E-state index contributed by atoms with van der Waals surface area (Å²) >= 11 is 7.34. The van der Waals surface area contributed by atoms with Crippen LogP contribution >= 0.6 is 23.4 Å². The number of carbonyl (C=O) groups is 1. The molecule has 2 aromatic carbocycles. The molecule has 1 atom stereocenters. The van der Waals surface area contributed by atoms with Crippen molar-refractivity contribution >= 4 is 45.8 Å². The maximum Gasteiger partial charge on any atom is 0.288 e. The van der Waals surface area contributed by atoms with Crippen LogP contribution in [0.15, 0.2) is 52.6 Å². The standard InChI is InChI=1S/C18H14ClN5O3S/c1-2-28-18-21-17(25)15-11-5-3-4-6-13(11)20-16(23(15)22-18)10-7-8-12(19)14(9-10)24(26)27/h3-9,16H,2H2,1H3,(H,21,22,25)/t16-/m1/s1. The fourth-order valence-corrected chi connectivity index (χ4v) is 3.85. The molecule has 2 aliphatic rings. The molecule has 0 bridgehead atoms. The van der Waals surface area contributed by atoms with Crippen molar-refractivity contribution in [2.75, 3.05) is 5.75 Å². The van der Waals surface area contributed by atoms with Gasteiger partial charge in [0, 0.05) is 16.8 Å². The highest BCUT2D eigenvalue weighted by atomic mass is 35.5. The van der Waals surface area contributed by atoms with Crippen LogP contribution in [-0.2, 0) is 4.79 Å². The fraction of sp³-hybridized carbons (Fsp3) is 0.167. The summed E-state index contributed by atoms with van der Waals surface area (Å²) in [4.78, 5) is 28.3. The number of halogens is 1. The van der Waals surface area contributed by atoms with Gasteiger partial charge in [0.2, 0.25) is 0 Å². The van der Waals surface area contributed by atoms with Crippen LogP contribution in [0.25, 0.3) is 5.70 Å². The molecule has 0 unspecified atom stereocenters. The van der Waals surface area contributed by atoms with Crippen LogP contribution in [0.1, 0.15) is 18.7 Å². The Morgan fingerprint density at radius 2 is 2.11 bits per heavy atom. The van der Waals surface area contributed by atoms with Crippen LogP contribution in [0.5, 0.6) is 0 Å². The fourth-order valence-electron chi connectivity index (χ4n) is 3.08. The van der Waals surface area contributed by atoms with E-state index >= 15 is 0 Å². The summed E-state index contributed by atoms with van der Waals surface area (Å²) < 4.78 is 0. The summed E-state index contributed by atoms with van der Waals surface area (Å²) in [5.74, 6) is 0.439. The topological polar surface area (TPSA) is 100 Å². The number of fused-ring (bicyclic) bond motifs is 2. The second kappa shape index (κ2) is 7.25. The largest absolute Gasteiger partial charge is 0.298 e. The van der Waals surface area contributed by atoms with Gasteiger partial charge in [-0.25, -0.2) is 5.01 Å². The Labute approximate surface area is 168 Å². The molecule has 142 valence electrons. The van der Waals surface area contributed by atoms with Gasteiger partial charge in [0.25, 0.3) is 11.6 Å². The van der Waals surface area contributed by atoms with Gasteiger partial charge in [0.15, 0.2) is 11.3 Å². The Bertz CT molecular complexity index is 1150. The normalized spacial score (nSPS) is 17.9. The number of thioether (sulfide) groups is 1. The summed E-state index contributed by atoms with van der Waals surface area (Å²) in [6.07, 6.45) is -0.723. The molecule has 0 saturated heterocycles. The lowest BCUT2D eigenvalue weighted by Crippen LogP contribution is -2.50. The molecule has 0 fully saturated rings. The molecule has 2 heterocycles. The smallest absolute Gasteiger partial charge is 0.288 e. The Morgan fingerprint density at radius 3 is 2.86 bits per heavy atom. The number of hydrogen-bond donors (Lipinski definition) is 1. The third kappa shape index (κ3) is 3.12. The monoisotopic (exact) mass is 415 g/mol. The molecule has 0 saturated carbocycles. The highest BCUT2D eigenvalue weighted by Gasteiger charge is 2.35. The zero-order chi connectivity index (χ0) is 19.8. The van der Waals surface area contributed by atoms with E-state index in [9.17, 15) is 14.9 Å². The van der Waals surface area contributed by atoms with Crippen molar-refractivity contribution in [3.05, 3.63) is 73.7 Å². The van der Waals surface area contributed by atoms with Crippen molar-refractivity contribution in [1.82, 2.24) is 10.3 Å². The van der Waals surface area contributed by atoms with Crippen molar-refractivity contribution < 1.29 is 9.72 Å². The number of rotatable bonds is 3. The Hall–Kier alpha value is -2.91. The van der Waals surface area contributed by atoms with Crippen molar-refractivity contribution in [2.45, 2.75) is 13.1 Å². The molecule has 0 aromatic heterocycles. The maximum absolute atomic E-state index is 12.8. The number of para-hydroxylation sites is 1. The number of amidine groups is 1. The lowest BCUT2D eigenvalue weighted by atomic mass is 10.1. The number of carbonyl (C=O) groups excluding carboxylic acids is 1. The van der Waals surface area contributed by atoms with E-state index in [4.69, 9.17) is 16.6 Å². The van der Waals surface area contributed by atoms with E-state index in [0.717, 1.165) is 5.75 Å². The minimum Gasteiger partial charge on any atom is -0.298 e. The van der Waals surface area contributed by atoms with E-state index in [1.165, 1.54) is 28.9 Å². The first-order valence-electron chi connectivity index (χ1n) is 8.42. The molecular weight excluding hydrogens is 402 g/mol. The number of hydrogen-bond acceptors (Lipinski definition) is 7. The molecule has 0 radical (unpaired) electrons. The minimum absolute atomic E-state index is 0.0382. The maximum atomic E-state index is 12.8. The first kappa shape index (κ1) is 18.5. The number of amides is 1. The van der Waals surface area contributed by atoms with E-state index < -0.39 is 11.1 Å². The minimum atomic E-state index is -0.723. The summed E-state index contributed by atoms with van der Waals surface area (Å²) in [6.45, 7) is 1.95. The van der Waals surface area contributed by atoms with Crippen molar-refractivity contribution in [3.63, 3.8) is 0 Å². The molecule has 0 spiro atoms. The van der Waals surface area contributed by atoms with Crippen molar-refractivity contribution in [1.29, 1.82) is 0 Å². The number of nitrogens with zero attached hydrogens (tertiary/aromatic N) is 4. The summed E-state index contributed by atoms with van der Waals surface area (Å²) in [6, 6.07) is 11.7. The van der Waals surface area contributed by atoms with Crippen LogP contribution in [0, 0.1) is 10.1 Å². The summed E-state index contributed by atoms with van der Waals surface area (Å²) in [5.41, 5.74) is 0.652. The van der Waals surface area contributed by atoms with Gasteiger partial charge >= 0.3 is 0 Å². The zero-order valence-electron chi connectivity index (χ0n) is 14.6. The number of nitro benzene ring substituents is 1. The van der Waals surface area contributed by atoms with Crippen LogP contribution in [0.3, 0.4) is 0 Å². The van der Waals surface area contributed by atoms with E-state index in [-0.39, 0.29) is 16.6 Å². The molecule has 0 aliphatic carbocycles. The van der Waals surface area contributed by atoms with Gasteiger partial charge in [0.1, 0.15) is 10.7 Å². The second-order valence-corrected chi connectivity index (χ2v) is 7.63. The average molecular weight is 416 g/mol. The lowest BCUT2D eigenvalue weighted by molar-refractivity contribution is -0.384. The van der Waals surface area contributed by atoms with Gasteiger partial charge in [-0.05, 0) is 17.9 Å². The van der Waals surface area contributed by atoms with Gasteiger partial charge < -0.3 is 0 Å². The third-order valence-electron chi connectivity index (χ3n) is 4.26. The molecule has 1 N–H and O–H groups in total. The molecule has 2 aliphatic heterocycles. The van der Waals surface area contributed by atoms with E-state index in [1.807, 2.05) is 19.1 Å². The van der Waals surface area contributed by atoms with Gasteiger partial charge in [-0.1, -0.05) is 54.6 Å². The SMILES string of the molecule is CCSC1=NN2C(=c3ccccc3=N[C@H]2c2ccc(Cl)c([N+](=O)[O-])c2)C(=O)N1. The predicted molar refractivity (Wildman–Crippen MR) is 107 cm³/mol.